The molecule has 0 unspecified atom stereocenters. The van der Waals surface area contributed by atoms with Crippen molar-refractivity contribution in [3.8, 4) is 5.75 Å². The third-order valence-electron chi connectivity index (χ3n) is 4.64. The van der Waals surface area contributed by atoms with Crippen LogP contribution in [0.3, 0.4) is 0 Å². The number of carbonyl (C=O) groups is 1. The lowest BCUT2D eigenvalue weighted by Crippen LogP contribution is -2.04. The molecule has 0 amide bonds. The van der Waals surface area contributed by atoms with Gasteiger partial charge in [0.2, 0.25) is 0 Å². The summed E-state index contributed by atoms with van der Waals surface area (Å²) in [4.78, 5) is 19.8. The highest BCUT2D eigenvalue weighted by molar-refractivity contribution is 7.19. The Morgan fingerprint density at radius 3 is 2.83 bits per heavy atom. The lowest BCUT2D eigenvalue weighted by atomic mass is 9.97. The van der Waals surface area contributed by atoms with Crippen molar-refractivity contribution in [3.63, 3.8) is 0 Å². The molecule has 0 saturated carbocycles. The molecule has 1 aromatic carbocycles. The van der Waals surface area contributed by atoms with Gasteiger partial charge >= 0.3 is 0 Å². The van der Waals surface area contributed by atoms with Crippen LogP contribution >= 0.6 is 11.3 Å². The van der Waals surface area contributed by atoms with Gasteiger partial charge in [-0.2, -0.15) is 0 Å². The molecule has 5 N–H and O–H groups in total. The van der Waals surface area contributed by atoms with Gasteiger partial charge in [-0.3, -0.25) is 4.79 Å². The molecule has 0 spiro atoms. The third-order valence-corrected chi connectivity index (χ3v) is 5.84. The molecule has 152 valence electrons. The molecule has 8 nitrogen and oxygen atoms in total. The second-order valence-electron chi connectivity index (χ2n) is 6.40. The first-order valence-corrected chi connectivity index (χ1v) is 10.1. The van der Waals surface area contributed by atoms with Crippen LogP contribution in [-0.4, -0.2) is 34.4 Å². The molecule has 3 aromatic rings. The summed E-state index contributed by atoms with van der Waals surface area (Å²) >= 11 is 1.77. The first-order chi connectivity index (χ1) is 14.1. The van der Waals surface area contributed by atoms with E-state index in [-0.39, 0.29) is 6.47 Å². The van der Waals surface area contributed by atoms with Crippen molar-refractivity contribution in [2.24, 2.45) is 0 Å². The maximum Gasteiger partial charge on any atom is 0.290 e. The van der Waals surface area contributed by atoms with Crippen LogP contribution in [0.5, 0.6) is 5.75 Å². The summed E-state index contributed by atoms with van der Waals surface area (Å²) in [6, 6.07) is 3.59. The van der Waals surface area contributed by atoms with Gasteiger partial charge in [0.15, 0.2) is 0 Å². The topological polar surface area (TPSA) is 134 Å². The first-order valence-electron chi connectivity index (χ1n) is 9.29. The fourth-order valence-electron chi connectivity index (χ4n) is 3.42. The largest absolute Gasteiger partial charge is 0.492 e. The number of aromatic nitrogens is 2. The van der Waals surface area contributed by atoms with Crippen LogP contribution < -0.4 is 15.8 Å². The number of thiophene rings is 1. The standard InChI is InChI=1S/C19H21N5OS.CH2O2/c1-2-25-15-8-13(21)11(9-20)7-14(15)24-18-17-12-5-3-4-6-16(12)26-19(17)23-10-22-18;2-1-3/h7-10,20H,2-6,21H2,1H3,(H,22,23,24);1H,(H,2,3). The van der Waals surface area contributed by atoms with Gasteiger partial charge < -0.3 is 26.3 Å². The normalized spacial score (nSPS) is 12.4. The van der Waals surface area contributed by atoms with Crippen LogP contribution in [0.15, 0.2) is 18.5 Å². The van der Waals surface area contributed by atoms with Gasteiger partial charge in [-0.05, 0) is 44.2 Å². The number of anilines is 3. The second kappa shape index (κ2) is 9.33. The van der Waals surface area contributed by atoms with Crippen LogP contribution in [0.25, 0.3) is 10.2 Å². The lowest BCUT2D eigenvalue weighted by molar-refractivity contribution is -0.122. The van der Waals surface area contributed by atoms with Gasteiger partial charge in [0.1, 0.15) is 22.7 Å². The maximum absolute atomic E-state index is 8.36. The Balaban J connectivity index is 0.000000755. The number of aryl methyl sites for hydroxylation is 2. The number of hydrogen-bond acceptors (Lipinski definition) is 8. The fourth-order valence-corrected chi connectivity index (χ4v) is 4.65. The lowest BCUT2D eigenvalue weighted by Gasteiger charge is -2.16. The molecule has 0 atom stereocenters. The SMILES string of the molecule is CCOc1cc(N)c(C=N)cc1Nc1ncnc2sc3c(c12)CCCC3.O=CO. The zero-order chi connectivity index (χ0) is 20.8. The zero-order valence-corrected chi connectivity index (χ0v) is 16.9. The van der Waals surface area contributed by atoms with E-state index in [0.29, 0.717) is 23.6 Å². The number of nitrogens with one attached hydrogen (secondary N) is 2. The summed E-state index contributed by atoms with van der Waals surface area (Å²) in [5.41, 5.74) is 9.31. The quantitative estimate of drug-likeness (QED) is 0.282. The van der Waals surface area contributed by atoms with Gasteiger partial charge in [-0.1, -0.05) is 0 Å². The second-order valence-corrected chi connectivity index (χ2v) is 7.48. The Kier molecular flexibility index (Phi) is 6.61. The minimum atomic E-state index is -0.250. The highest BCUT2D eigenvalue weighted by atomic mass is 32.1. The first kappa shape index (κ1) is 20.5. The van der Waals surface area contributed by atoms with Gasteiger partial charge in [-0.25, -0.2) is 9.97 Å². The van der Waals surface area contributed by atoms with Gasteiger partial charge in [-0.15, -0.1) is 11.3 Å². The summed E-state index contributed by atoms with van der Waals surface area (Å²) in [7, 11) is 0. The van der Waals surface area contributed by atoms with E-state index >= 15 is 0 Å². The van der Waals surface area contributed by atoms with Crippen molar-refractivity contribution in [2.45, 2.75) is 32.6 Å². The smallest absolute Gasteiger partial charge is 0.290 e. The molecule has 0 aliphatic heterocycles. The average molecular weight is 414 g/mol. The van der Waals surface area contributed by atoms with Crippen LogP contribution in [0.2, 0.25) is 0 Å². The number of nitrogens with zero attached hydrogens (tertiary/aromatic N) is 2. The van der Waals surface area contributed by atoms with E-state index in [4.69, 9.17) is 25.8 Å². The summed E-state index contributed by atoms with van der Waals surface area (Å²) in [5.74, 6) is 1.45. The van der Waals surface area contributed by atoms with Crippen molar-refractivity contribution < 1.29 is 14.6 Å². The molecular formula is C20H23N5O3S. The number of fused-ring (bicyclic) bond motifs is 3. The van der Waals surface area contributed by atoms with E-state index in [1.54, 1.807) is 23.7 Å². The number of nitrogens with two attached hydrogens (primary N) is 1. The Bertz CT molecular complexity index is 1030. The van der Waals surface area contributed by atoms with E-state index in [2.05, 4.69) is 15.3 Å². The van der Waals surface area contributed by atoms with E-state index in [0.717, 1.165) is 34.6 Å². The molecule has 0 bridgehead atoms. The molecular weight excluding hydrogens is 390 g/mol. The van der Waals surface area contributed by atoms with E-state index < -0.39 is 0 Å². The number of carboxylic acid groups (broad SMARTS) is 1. The monoisotopic (exact) mass is 413 g/mol. The van der Waals surface area contributed by atoms with Crippen molar-refractivity contribution in [2.75, 3.05) is 17.7 Å². The summed E-state index contributed by atoms with van der Waals surface area (Å²) in [6.45, 7) is 2.22. The van der Waals surface area contributed by atoms with E-state index in [1.165, 1.54) is 29.5 Å². The predicted octanol–water partition coefficient (Wildman–Crippen LogP) is 3.99. The van der Waals surface area contributed by atoms with Crippen molar-refractivity contribution in [1.82, 2.24) is 9.97 Å². The summed E-state index contributed by atoms with van der Waals surface area (Å²) < 4.78 is 5.74. The molecule has 2 aromatic heterocycles. The number of rotatable bonds is 5. The van der Waals surface area contributed by atoms with Crippen LogP contribution in [0.1, 0.15) is 35.8 Å². The zero-order valence-electron chi connectivity index (χ0n) is 16.1. The number of ether oxygens (including phenoxy) is 1. The van der Waals surface area contributed by atoms with Crippen molar-refractivity contribution >= 4 is 51.4 Å². The Morgan fingerprint density at radius 2 is 2.10 bits per heavy atom. The van der Waals surface area contributed by atoms with Crippen molar-refractivity contribution in [3.05, 3.63) is 34.5 Å². The molecule has 1 aliphatic rings. The highest BCUT2D eigenvalue weighted by Gasteiger charge is 2.20. The fraction of sp³-hybridized carbons (Fsp3) is 0.300. The Labute approximate surface area is 172 Å². The number of nitrogen functional groups attached to an aromatic ring is 1. The van der Waals surface area contributed by atoms with Crippen LogP contribution in [0, 0.1) is 5.41 Å². The molecule has 9 heteroatoms. The highest BCUT2D eigenvalue weighted by Crippen LogP contribution is 2.40. The minimum Gasteiger partial charge on any atom is -0.492 e. The van der Waals surface area contributed by atoms with Crippen molar-refractivity contribution in [1.29, 1.82) is 5.41 Å². The predicted molar refractivity (Wildman–Crippen MR) is 116 cm³/mol. The molecule has 29 heavy (non-hydrogen) atoms. The van der Waals surface area contributed by atoms with E-state index in [9.17, 15) is 0 Å². The minimum absolute atomic E-state index is 0.250. The van der Waals surface area contributed by atoms with Gasteiger partial charge in [0, 0.05) is 28.4 Å². The van der Waals surface area contributed by atoms with Crippen LogP contribution in [0.4, 0.5) is 17.2 Å². The molecule has 1 aliphatic carbocycles. The molecule has 0 saturated heterocycles. The molecule has 0 radical (unpaired) electrons. The molecule has 0 fully saturated rings. The molecule has 4 rings (SSSR count). The van der Waals surface area contributed by atoms with Crippen LogP contribution in [-0.2, 0) is 17.6 Å². The third kappa shape index (κ3) is 4.29. The van der Waals surface area contributed by atoms with E-state index in [1.807, 2.05) is 13.0 Å². The van der Waals surface area contributed by atoms with Gasteiger partial charge in [0.25, 0.3) is 6.47 Å². The Morgan fingerprint density at radius 1 is 1.34 bits per heavy atom. The summed E-state index contributed by atoms with van der Waals surface area (Å²) in [6.07, 6.45) is 7.49. The summed E-state index contributed by atoms with van der Waals surface area (Å²) in [5, 5.41) is 19.0. The average Bonchev–Trinajstić information content (AvgIpc) is 3.10. The maximum atomic E-state index is 8.36. The number of hydrogen-bond donors (Lipinski definition) is 4. The number of benzene rings is 1. The Hall–Kier alpha value is -3.20. The van der Waals surface area contributed by atoms with Gasteiger partial charge in [0.05, 0.1) is 17.7 Å². The molecule has 2 heterocycles.